The highest BCUT2D eigenvalue weighted by molar-refractivity contribution is 5.73. The Labute approximate surface area is 152 Å². The third-order valence-corrected chi connectivity index (χ3v) is 4.44. The number of hydrogen-bond acceptors (Lipinski definition) is 3. The summed E-state index contributed by atoms with van der Waals surface area (Å²) in [5, 5.41) is 29.5. The maximum absolute atomic E-state index is 13.2. The van der Waals surface area contributed by atoms with Gasteiger partial charge in [-0.25, -0.2) is 4.39 Å². The second kappa shape index (κ2) is 8.74. The van der Waals surface area contributed by atoms with Crippen LogP contribution in [0.15, 0.2) is 24.3 Å². The van der Waals surface area contributed by atoms with Crippen LogP contribution in [0, 0.1) is 5.82 Å². The van der Waals surface area contributed by atoms with Crippen LogP contribution in [-0.4, -0.2) is 25.9 Å². The molecule has 1 aromatic heterocycles. The molecule has 0 aliphatic heterocycles. The average molecular weight is 363 g/mol. The van der Waals surface area contributed by atoms with Crippen molar-refractivity contribution in [1.29, 1.82) is 0 Å². The number of aromatic hydroxyl groups is 2. The first-order chi connectivity index (χ1) is 12.3. The summed E-state index contributed by atoms with van der Waals surface area (Å²) in [5.41, 5.74) is 1.76. The van der Waals surface area contributed by atoms with Crippen LogP contribution in [0.25, 0.3) is 11.3 Å². The summed E-state index contributed by atoms with van der Waals surface area (Å²) in [4.78, 5) is 10.6. The lowest BCUT2D eigenvalue weighted by atomic mass is 10.1. The van der Waals surface area contributed by atoms with Gasteiger partial charge in [-0.3, -0.25) is 4.79 Å². The van der Waals surface area contributed by atoms with Crippen molar-refractivity contribution in [2.45, 2.75) is 58.4 Å². The molecule has 0 bridgehead atoms. The van der Waals surface area contributed by atoms with Gasteiger partial charge in [0.05, 0.1) is 11.4 Å². The van der Waals surface area contributed by atoms with Crippen molar-refractivity contribution < 1.29 is 24.5 Å². The number of benzene rings is 1. The van der Waals surface area contributed by atoms with E-state index in [0.29, 0.717) is 29.9 Å². The zero-order valence-electron chi connectivity index (χ0n) is 15.2. The molecule has 0 aliphatic carbocycles. The van der Waals surface area contributed by atoms with Gasteiger partial charge in [-0.05, 0) is 43.0 Å². The van der Waals surface area contributed by atoms with Crippen molar-refractivity contribution in [3.8, 4) is 22.8 Å². The molecule has 2 rings (SSSR count). The molecule has 0 fully saturated rings. The maximum atomic E-state index is 13.2. The quantitative estimate of drug-likeness (QED) is 0.555. The number of unbranched alkanes of at least 4 members (excludes halogenated alkanes) is 3. The molecule has 142 valence electrons. The summed E-state index contributed by atoms with van der Waals surface area (Å²) in [6, 6.07) is 5.81. The van der Waals surface area contributed by atoms with Crippen LogP contribution in [0.1, 0.15) is 57.6 Å². The Bertz CT molecular complexity index is 750. The standard InChI is InChI=1S/C20H26FNO4/c1-13(2)17-19(25)20(26)18(14-8-10-15(21)11-9-14)22(17)12-6-4-3-5-7-16(23)24/h8-11,13,25-26H,3-7,12H2,1-2H3,(H,23,24). The molecular formula is C20H26FNO4. The summed E-state index contributed by atoms with van der Waals surface area (Å²) in [6.07, 6.45) is 3.27. The van der Waals surface area contributed by atoms with E-state index in [0.717, 1.165) is 19.3 Å². The van der Waals surface area contributed by atoms with Gasteiger partial charge >= 0.3 is 5.97 Å². The third-order valence-electron chi connectivity index (χ3n) is 4.44. The van der Waals surface area contributed by atoms with E-state index in [-0.39, 0.29) is 29.7 Å². The van der Waals surface area contributed by atoms with Gasteiger partial charge in [-0.1, -0.05) is 26.7 Å². The van der Waals surface area contributed by atoms with Crippen LogP contribution in [-0.2, 0) is 11.3 Å². The summed E-state index contributed by atoms with van der Waals surface area (Å²) < 4.78 is 15.1. The van der Waals surface area contributed by atoms with E-state index in [1.165, 1.54) is 12.1 Å². The molecule has 1 aromatic carbocycles. The van der Waals surface area contributed by atoms with E-state index in [1.54, 1.807) is 12.1 Å². The van der Waals surface area contributed by atoms with Crippen LogP contribution in [0.5, 0.6) is 11.5 Å². The predicted octanol–water partition coefficient (Wildman–Crippen LogP) is 4.86. The zero-order chi connectivity index (χ0) is 19.3. The highest BCUT2D eigenvalue weighted by atomic mass is 19.1. The fraction of sp³-hybridized carbons (Fsp3) is 0.450. The first kappa shape index (κ1) is 19.8. The largest absolute Gasteiger partial charge is 0.503 e. The molecule has 6 heteroatoms. The van der Waals surface area contributed by atoms with Crippen molar-refractivity contribution in [3.63, 3.8) is 0 Å². The molecule has 0 unspecified atom stereocenters. The summed E-state index contributed by atoms with van der Waals surface area (Å²) in [6.45, 7) is 4.46. The second-order valence-corrected chi connectivity index (χ2v) is 6.80. The molecule has 0 saturated carbocycles. The number of aromatic nitrogens is 1. The highest BCUT2D eigenvalue weighted by Crippen LogP contribution is 2.45. The maximum Gasteiger partial charge on any atom is 0.303 e. The van der Waals surface area contributed by atoms with Gasteiger partial charge in [-0.2, -0.15) is 0 Å². The lowest BCUT2D eigenvalue weighted by Crippen LogP contribution is -2.07. The number of carboxylic acids is 1. The summed E-state index contributed by atoms with van der Waals surface area (Å²) in [7, 11) is 0. The van der Waals surface area contributed by atoms with Crippen molar-refractivity contribution in [2.24, 2.45) is 0 Å². The van der Waals surface area contributed by atoms with E-state index < -0.39 is 5.97 Å². The van der Waals surface area contributed by atoms with Crippen LogP contribution in [0.2, 0.25) is 0 Å². The molecule has 0 aliphatic rings. The normalized spacial score (nSPS) is 11.2. The molecule has 5 nitrogen and oxygen atoms in total. The van der Waals surface area contributed by atoms with Crippen LogP contribution in [0.3, 0.4) is 0 Å². The van der Waals surface area contributed by atoms with Crippen LogP contribution in [0.4, 0.5) is 4.39 Å². The Balaban J connectivity index is 2.23. The van der Waals surface area contributed by atoms with Crippen molar-refractivity contribution in [3.05, 3.63) is 35.8 Å². The van der Waals surface area contributed by atoms with Gasteiger partial charge in [0.1, 0.15) is 5.82 Å². The van der Waals surface area contributed by atoms with Gasteiger partial charge in [-0.15, -0.1) is 0 Å². The average Bonchev–Trinajstić information content (AvgIpc) is 2.82. The van der Waals surface area contributed by atoms with E-state index in [4.69, 9.17) is 5.11 Å². The monoisotopic (exact) mass is 363 g/mol. The number of aliphatic carboxylic acids is 1. The zero-order valence-corrected chi connectivity index (χ0v) is 15.2. The smallest absolute Gasteiger partial charge is 0.303 e. The van der Waals surface area contributed by atoms with Gasteiger partial charge in [0, 0.05) is 18.5 Å². The number of carbonyl (C=O) groups is 1. The third kappa shape index (κ3) is 4.56. The second-order valence-electron chi connectivity index (χ2n) is 6.80. The van der Waals surface area contributed by atoms with E-state index >= 15 is 0 Å². The molecule has 0 atom stereocenters. The highest BCUT2D eigenvalue weighted by Gasteiger charge is 2.24. The van der Waals surface area contributed by atoms with Gasteiger partial charge in [0.2, 0.25) is 0 Å². The Morgan fingerprint density at radius 1 is 1.04 bits per heavy atom. The molecule has 0 radical (unpaired) electrons. The fourth-order valence-electron chi connectivity index (χ4n) is 3.23. The van der Waals surface area contributed by atoms with Crippen molar-refractivity contribution in [2.75, 3.05) is 0 Å². The molecule has 1 heterocycles. The topological polar surface area (TPSA) is 82.7 Å². The minimum absolute atomic E-state index is 0.00195. The number of carboxylic acid groups (broad SMARTS) is 1. The number of hydrogen-bond donors (Lipinski definition) is 3. The number of halogens is 1. The number of rotatable bonds is 9. The molecule has 0 saturated heterocycles. The summed E-state index contributed by atoms with van der Waals surface area (Å²) >= 11 is 0. The Morgan fingerprint density at radius 2 is 1.65 bits per heavy atom. The Kier molecular flexibility index (Phi) is 6.66. The van der Waals surface area contributed by atoms with Gasteiger partial charge < -0.3 is 19.9 Å². The summed E-state index contributed by atoms with van der Waals surface area (Å²) in [5.74, 6) is -1.47. The van der Waals surface area contributed by atoms with E-state index in [2.05, 4.69) is 0 Å². The van der Waals surface area contributed by atoms with Gasteiger partial charge in [0.25, 0.3) is 0 Å². The minimum atomic E-state index is -0.786. The van der Waals surface area contributed by atoms with E-state index in [1.807, 2.05) is 18.4 Å². The lowest BCUT2D eigenvalue weighted by molar-refractivity contribution is -0.137. The van der Waals surface area contributed by atoms with Crippen LogP contribution < -0.4 is 0 Å². The fourth-order valence-corrected chi connectivity index (χ4v) is 3.23. The molecule has 0 amide bonds. The molecule has 0 spiro atoms. The minimum Gasteiger partial charge on any atom is -0.503 e. The van der Waals surface area contributed by atoms with Crippen molar-refractivity contribution in [1.82, 2.24) is 4.57 Å². The number of nitrogens with zero attached hydrogens (tertiary/aromatic N) is 1. The molecule has 26 heavy (non-hydrogen) atoms. The Morgan fingerprint density at radius 3 is 2.23 bits per heavy atom. The first-order valence-corrected chi connectivity index (χ1v) is 8.95. The van der Waals surface area contributed by atoms with Gasteiger partial charge in [0.15, 0.2) is 11.5 Å². The lowest BCUT2D eigenvalue weighted by Gasteiger charge is -2.15. The predicted molar refractivity (Wildman–Crippen MR) is 98.0 cm³/mol. The van der Waals surface area contributed by atoms with E-state index in [9.17, 15) is 19.4 Å². The van der Waals surface area contributed by atoms with Crippen LogP contribution >= 0.6 is 0 Å². The Hall–Kier alpha value is -2.50. The SMILES string of the molecule is CC(C)c1c(O)c(O)c(-c2ccc(F)cc2)n1CCCCCCC(=O)O. The molecular weight excluding hydrogens is 337 g/mol. The molecule has 2 aromatic rings. The van der Waals surface area contributed by atoms with Crippen molar-refractivity contribution >= 4 is 5.97 Å². The first-order valence-electron chi connectivity index (χ1n) is 8.95. The molecule has 3 N–H and O–H groups in total.